The lowest BCUT2D eigenvalue weighted by molar-refractivity contribution is -0.130. The smallest absolute Gasteiger partial charge is 0.288 e. The number of carbonyl (C=O) groups excluding carboxylic acids is 3. The van der Waals surface area contributed by atoms with Gasteiger partial charge in [0.05, 0.1) is 18.3 Å². The zero-order chi connectivity index (χ0) is 20.4. The number of rotatable bonds is 4. The summed E-state index contributed by atoms with van der Waals surface area (Å²) >= 11 is 0. The molecule has 0 aromatic carbocycles. The van der Waals surface area contributed by atoms with E-state index in [1.807, 2.05) is 0 Å². The lowest BCUT2D eigenvalue weighted by Crippen LogP contribution is -2.50. The van der Waals surface area contributed by atoms with Gasteiger partial charge in [0.2, 0.25) is 11.7 Å². The SMILES string of the molecule is CC(=O)N1CCN(C(=O)c2nc(C(=O)NCc3ccco3)n3ccccc23)CC1. The van der Waals surface area contributed by atoms with E-state index in [2.05, 4.69) is 10.3 Å². The molecule has 9 heteroatoms. The number of hydrogen-bond acceptors (Lipinski definition) is 5. The molecule has 9 nitrogen and oxygen atoms in total. The summed E-state index contributed by atoms with van der Waals surface area (Å²) in [6, 6.07) is 8.84. The van der Waals surface area contributed by atoms with E-state index in [1.165, 1.54) is 13.2 Å². The van der Waals surface area contributed by atoms with E-state index in [0.717, 1.165) is 0 Å². The van der Waals surface area contributed by atoms with E-state index in [-0.39, 0.29) is 29.9 Å². The van der Waals surface area contributed by atoms with Crippen molar-refractivity contribution in [1.29, 1.82) is 0 Å². The molecule has 3 aromatic rings. The number of amides is 3. The Bertz CT molecular complexity index is 1050. The summed E-state index contributed by atoms with van der Waals surface area (Å²) in [6.45, 7) is 3.60. The van der Waals surface area contributed by atoms with Crippen LogP contribution in [0.4, 0.5) is 0 Å². The number of nitrogens with zero attached hydrogens (tertiary/aromatic N) is 4. The summed E-state index contributed by atoms with van der Waals surface area (Å²) in [5.74, 6) is 0.113. The molecule has 0 atom stereocenters. The van der Waals surface area contributed by atoms with Gasteiger partial charge in [0.1, 0.15) is 5.76 Å². The van der Waals surface area contributed by atoms with Crippen LogP contribution in [0.3, 0.4) is 0 Å². The van der Waals surface area contributed by atoms with Gasteiger partial charge in [0.25, 0.3) is 11.8 Å². The first kappa shape index (κ1) is 18.7. The Morgan fingerprint density at radius 3 is 2.52 bits per heavy atom. The quantitative estimate of drug-likeness (QED) is 0.715. The number of fused-ring (bicyclic) bond motifs is 1. The van der Waals surface area contributed by atoms with Gasteiger partial charge in [-0.2, -0.15) is 0 Å². The van der Waals surface area contributed by atoms with Crippen LogP contribution in [-0.4, -0.2) is 63.1 Å². The summed E-state index contributed by atoms with van der Waals surface area (Å²) in [4.78, 5) is 45.0. The maximum atomic E-state index is 13.1. The molecule has 1 aliphatic heterocycles. The third-order valence-electron chi connectivity index (χ3n) is 4.97. The normalized spacial score (nSPS) is 14.2. The van der Waals surface area contributed by atoms with Crippen LogP contribution in [0, 0.1) is 0 Å². The molecule has 29 heavy (non-hydrogen) atoms. The molecular formula is C20H21N5O4. The zero-order valence-electron chi connectivity index (χ0n) is 16.0. The van der Waals surface area contributed by atoms with Crippen LogP contribution in [0.2, 0.25) is 0 Å². The number of hydrogen-bond donors (Lipinski definition) is 1. The molecule has 0 radical (unpaired) electrons. The fourth-order valence-corrected chi connectivity index (χ4v) is 3.39. The minimum Gasteiger partial charge on any atom is -0.467 e. The van der Waals surface area contributed by atoms with Crippen molar-refractivity contribution in [3.63, 3.8) is 0 Å². The van der Waals surface area contributed by atoms with Gasteiger partial charge in [-0.3, -0.25) is 18.8 Å². The maximum absolute atomic E-state index is 13.1. The lowest BCUT2D eigenvalue weighted by Gasteiger charge is -2.33. The number of piperazine rings is 1. The highest BCUT2D eigenvalue weighted by Gasteiger charge is 2.28. The van der Waals surface area contributed by atoms with Crippen LogP contribution >= 0.6 is 0 Å². The van der Waals surface area contributed by atoms with Gasteiger partial charge in [-0.05, 0) is 24.3 Å². The Hall–Kier alpha value is -3.62. The topological polar surface area (TPSA) is 100 Å². The summed E-state index contributed by atoms with van der Waals surface area (Å²) < 4.78 is 6.83. The second-order valence-corrected chi connectivity index (χ2v) is 6.80. The Kier molecular flexibility index (Phi) is 5.03. The third kappa shape index (κ3) is 3.71. The number of imidazole rings is 1. The minimum absolute atomic E-state index is 0.0000507. The fraction of sp³-hybridized carbons (Fsp3) is 0.300. The fourth-order valence-electron chi connectivity index (χ4n) is 3.39. The van der Waals surface area contributed by atoms with Crippen molar-refractivity contribution in [2.24, 2.45) is 0 Å². The van der Waals surface area contributed by atoms with Crippen molar-refractivity contribution in [2.45, 2.75) is 13.5 Å². The summed E-state index contributed by atoms with van der Waals surface area (Å²) in [7, 11) is 0. The summed E-state index contributed by atoms with van der Waals surface area (Å²) in [6.07, 6.45) is 3.24. The highest BCUT2D eigenvalue weighted by molar-refractivity contribution is 6.02. The Morgan fingerprint density at radius 1 is 1.07 bits per heavy atom. The summed E-state index contributed by atoms with van der Waals surface area (Å²) in [5, 5.41) is 2.76. The standard InChI is InChI=1S/C20H21N5O4/c1-14(26)23-8-10-24(11-9-23)20(28)17-16-6-2-3-7-25(16)18(22-17)19(27)21-13-15-5-4-12-29-15/h2-7,12H,8-11,13H2,1H3,(H,21,27). The predicted octanol–water partition coefficient (Wildman–Crippen LogP) is 1.16. The average molecular weight is 395 g/mol. The van der Waals surface area contributed by atoms with E-state index in [0.29, 0.717) is 37.5 Å². The Morgan fingerprint density at radius 2 is 1.83 bits per heavy atom. The van der Waals surface area contributed by atoms with E-state index in [9.17, 15) is 14.4 Å². The van der Waals surface area contributed by atoms with Crippen LogP contribution in [0.15, 0.2) is 47.2 Å². The molecule has 1 saturated heterocycles. The third-order valence-corrected chi connectivity index (χ3v) is 4.97. The predicted molar refractivity (Wildman–Crippen MR) is 103 cm³/mol. The highest BCUT2D eigenvalue weighted by Crippen LogP contribution is 2.17. The monoisotopic (exact) mass is 395 g/mol. The van der Waals surface area contributed by atoms with Gasteiger partial charge in [0, 0.05) is 39.3 Å². The van der Waals surface area contributed by atoms with E-state index in [1.54, 1.807) is 50.7 Å². The first-order chi connectivity index (χ1) is 14.0. The van der Waals surface area contributed by atoms with Crippen molar-refractivity contribution in [1.82, 2.24) is 24.5 Å². The number of furan rings is 1. The van der Waals surface area contributed by atoms with Gasteiger partial charge < -0.3 is 19.5 Å². The molecule has 0 unspecified atom stereocenters. The van der Waals surface area contributed by atoms with Crippen LogP contribution in [0.25, 0.3) is 5.52 Å². The van der Waals surface area contributed by atoms with Gasteiger partial charge in [-0.25, -0.2) is 4.98 Å². The molecule has 3 aromatic heterocycles. The number of nitrogens with one attached hydrogen (secondary N) is 1. The van der Waals surface area contributed by atoms with Crippen molar-refractivity contribution >= 4 is 23.2 Å². The molecule has 1 fully saturated rings. The molecular weight excluding hydrogens is 374 g/mol. The van der Waals surface area contributed by atoms with Crippen molar-refractivity contribution < 1.29 is 18.8 Å². The molecule has 150 valence electrons. The summed E-state index contributed by atoms with van der Waals surface area (Å²) in [5.41, 5.74) is 0.791. The Labute approximate surface area is 166 Å². The van der Waals surface area contributed by atoms with Crippen LogP contribution in [-0.2, 0) is 11.3 Å². The van der Waals surface area contributed by atoms with E-state index < -0.39 is 5.91 Å². The zero-order valence-corrected chi connectivity index (χ0v) is 16.0. The van der Waals surface area contributed by atoms with Gasteiger partial charge in [-0.15, -0.1) is 0 Å². The molecule has 1 N–H and O–H groups in total. The van der Waals surface area contributed by atoms with Crippen molar-refractivity contribution in [3.05, 3.63) is 60.1 Å². The molecule has 0 aliphatic carbocycles. The largest absolute Gasteiger partial charge is 0.467 e. The molecule has 0 spiro atoms. The van der Waals surface area contributed by atoms with Crippen LogP contribution in [0.5, 0.6) is 0 Å². The first-order valence-electron chi connectivity index (χ1n) is 9.37. The second-order valence-electron chi connectivity index (χ2n) is 6.80. The molecule has 0 bridgehead atoms. The van der Waals surface area contributed by atoms with E-state index in [4.69, 9.17) is 4.42 Å². The number of aromatic nitrogens is 2. The second kappa shape index (κ2) is 7.78. The molecule has 3 amide bonds. The lowest BCUT2D eigenvalue weighted by atomic mass is 10.2. The molecule has 0 saturated carbocycles. The van der Waals surface area contributed by atoms with Gasteiger partial charge in [0.15, 0.2) is 5.69 Å². The van der Waals surface area contributed by atoms with Crippen LogP contribution < -0.4 is 5.32 Å². The van der Waals surface area contributed by atoms with Crippen LogP contribution in [0.1, 0.15) is 33.8 Å². The number of pyridine rings is 1. The average Bonchev–Trinajstić information content (AvgIpc) is 3.39. The molecule has 4 rings (SSSR count). The van der Waals surface area contributed by atoms with Crippen molar-refractivity contribution in [3.8, 4) is 0 Å². The first-order valence-corrected chi connectivity index (χ1v) is 9.37. The van der Waals surface area contributed by atoms with Gasteiger partial charge >= 0.3 is 0 Å². The van der Waals surface area contributed by atoms with Crippen molar-refractivity contribution in [2.75, 3.05) is 26.2 Å². The minimum atomic E-state index is -0.400. The number of carbonyl (C=O) groups is 3. The maximum Gasteiger partial charge on any atom is 0.288 e. The molecule has 1 aliphatic rings. The molecule has 4 heterocycles. The Balaban J connectivity index is 1.56. The highest BCUT2D eigenvalue weighted by atomic mass is 16.3. The van der Waals surface area contributed by atoms with Gasteiger partial charge in [-0.1, -0.05) is 6.07 Å². The van der Waals surface area contributed by atoms with E-state index >= 15 is 0 Å².